The third-order valence-corrected chi connectivity index (χ3v) is 4.51. The molecule has 0 aliphatic carbocycles. The van der Waals surface area contributed by atoms with E-state index in [1.54, 1.807) is 24.3 Å². The number of benzene rings is 1. The molecule has 0 amide bonds. The van der Waals surface area contributed by atoms with E-state index in [1.165, 1.54) is 0 Å². The average molecular weight is 321 g/mol. The highest BCUT2D eigenvalue weighted by Crippen LogP contribution is 2.07. The molecule has 7 nitrogen and oxygen atoms in total. The lowest BCUT2D eigenvalue weighted by Gasteiger charge is -2.07. The van der Waals surface area contributed by atoms with Gasteiger partial charge in [0.25, 0.3) is 0 Å². The van der Waals surface area contributed by atoms with Crippen molar-refractivity contribution >= 4 is 20.0 Å². The van der Waals surface area contributed by atoms with Gasteiger partial charge >= 0.3 is 0 Å². The minimum absolute atomic E-state index is 0.0102. The highest BCUT2D eigenvalue weighted by atomic mass is 32.2. The second kappa shape index (κ2) is 7.14. The Balaban J connectivity index is 2.48. The molecule has 9 heteroatoms. The number of hydrogen-bond acceptors (Lipinski definition) is 5. The molecule has 4 N–H and O–H groups in total. The molecule has 0 aromatic heterocycles. The lowest BCUT2D eigenvalue weighted by atomic mass is 10.1. The Morgan fingerprint density at radius 1 is 0.950 bits per heavy atom. The fourth-order valence-electron chi connectivity index (χ4n) is 1.48. The Bertz CT molecular complexity index is 624. The number of hydrogen-bond donors (Lipinski definition) is 3. The van der Waals surface area contributed by atoms with Gasteiger partial charge in [0.15, 0.2) is 0 Å². The Morgan fingerprint density at radius 3 is 1.95 bits per heavy atom. The van der Waals surface area contributed by atoms with Crippen molar-refractivity contribution in [3.8, 4) is 0 Å². The maximum absolute atomic E-state index is 11.8. The molecule has 0 saturated heterocycles. The van der Waals surface area contributed by atoms with E-state index < -0.39 is 20.0 Å². The molecule has 1 aromatic carbocycles. The number of nitrogens with one attached hydrogen (secondary N) is 2. The van der Waals surface area contributed by atoms with Gasteiger partial charge in [0.2, 0.25) is 20.0 Å². The first-order valence-electron chi connectivity index (χ1n) is 5.92. The molecule has 0 heterocycles. The van der Waals surface area contributed by atoms with Crippen LogP contribution >= 0.6 is 0 Å². The molecule has 0 saturated carbocycles. The van der Waals surface area contributed by atoms with Crippen molar-refractivity contribution in [2.45, 2.75) is 12.3 Å². The van der Waals surface area contributed by atoms with E-state index in [2.05, 4.69) is 9.44 Å². The second-order valence-corrected chi connectivity index (χ2v) is 7.98. The van der Waals surface area contributed by atoms with E-state index in [-0.39, 0.29) is 18.8 Å². The molecule has 114 valence electrons. The lowest BCUT2D eigenvalue weighted by molar-refractivity contribution is 0.572. The first-order valence-corrected chi connectivity index (χ1v) is 9.46. The zero-order valence-corrected chi connectivity index (χ0v) is 12.8. The van der Waals surface area contributed by atoms with Crippen LogP contribution in [0.3, 0.4) is 0 Å². The molecule has 0 spiro atoms. The highest BCUT2D eigenvalue weighted by Gasteiger charge is 2.11. The molecule has 0 fully saturated rings. The highest BCUT2D eigenvalue weighted by molar-refractivity contribution is 7.89. The van der Waals surface area contributed by atoms with Crippen LogP contribution in [-0.4, -0.2) is 36.2 Å². The SMILES string of the molecule is CS(=O)(=O)NCCNS(=O)(=O)Cc1ccc(CN)cc1. The third kappa shape index (κ3) is 6.96. The van der Waals surface area contributed by atoms with Crippen LogP contribution in [0.4, 0.5) is 0 Å². The maximum atomic E-state index is 11.8. The van der Waals surface area contributed by atoms with Crippen LogP contribution in [0, 0.1) is 0 Å². The summed E-state index contributed by atoms with van der Waals surface area (Å²) in [5, 5.41) is 0. The van der Waals surface area contributed by atoms with Gasteiger partial charge in [-0.3, -0.25) is 0 Å². The third-order valence-electron chi connectivity index (χ3n) is 2.43. The van der Waals surface area contributed by atoms with E-state index >= 15 is 0 Å². The van der Waals surface area contributed by atoms with Crippen LogP contribution in [0.15, 0.2) is 24.3 Å². The van der Waals surface area contributed by atoms with E-state index in [4.69, 9.17) is 5.73 Å². The molecule has 0 unspecified atom stereocenters. The van der Waals surface area contributed by atoms with Gasteiger partial charge < -0.3 is 5.73 Å². The van der Waals surface area contributed by atoms with Gasteiger partial charge in [0, 0.05) is 19.6 Å². The van der Waals surface area contributed by atoms with Gasteiger partial charge in [-0.05, 0) is 11.1 Å². The normalized spacial score (nSPS) is 12.5. The minimum atomic E-state index is -3.49. The van der Waals surface area contributed by atoms with Crippen molar-refractivity contribution in [1.29, 1.82) is 0 Å². The van der Waals surface area contributed by atoms with Crippen molar-refractivity contribution in [2.24, 2.45) is 5.73 Å². The van der Waals surface area contributed by atoms with Crippen molar-refractivity contribution in [3.05, 3.63) is 35.4 Å². The fourth-order valence-corrected chi connectivity index (χ4v) is 3.10. The molecule has 0 radical (unpaired) electrons. The van der Waals surface area contributed by atoms with Gasteiger partial charge in [0.05, 0.1) is 12.0 Å². The van der Waals surface area contributed by atoms with Gasteiger partial charge in [-0.25, -0.2) is 26.3 Å². The Hall–Kier alpha value is -1.00. The Morgan fingerprint density at radius 2 is 1.45 bits per heavy atom. The first kappa shape index (κ1) is 17.1. The summed E-state index contributed by atoms with van der Waals surface area (Å²) in [6, 6.07) is 6.96. The van der Waals surface area contributed by atoms with Gasteiger partial charge in [0.1, 0.15) is 0 Å². The van der Waals surface area contributed by atoms with Gasteiger partial charge in [-0.2, -0.15) is 0 Å². The number of rotatable bonds is 8. The topological polar surface area (TPSA) is 118 Å². The largest absolute Gasteiger partial charge is 0.326 e. The summed E-state index contributed by atoms with van der Waals surface area (Å²) in [6.07, 6.45) is 1.01. The lowest BCUT2D eigenvalue weighted by Crippen LogP contribution is -2.34. The van der Waals surface area contributed by atoms with Gasteiger partial charge in [-0.15, -0.1) is 0 Å². The van der Waals surface area contributed by atoms with Crippen LogP contribution < -0.4 is 15.2 Å². The number of nitrogens with two attached hydrogens (primary N) is 1. The summed E-state index contributed by atoms with van der Waals surface area (Å²) in [5.41, 5.74) is 7.03. The molecule has 1 rings (SSSR count). The van der Waals surface area contributed by atoms with Crippen molar-refractivity contribution in [3.63, 3.8) is 0 Å². The van der Waals surface area contributed by atoms with Crippen molar-refractivity contribution in [2.75, 3.05) is 19.3 Å². The molecule has 0 aliphatic rings. The summed E-state index contributed by atoms with van der Waals surface area (Å²) in [4.78, 5) is 0. The Kier molecular flexibility index (Phi) is 6.08. The molecule has 0 aliphatic heterocycles. The monoisotopic (exact) mass is 321 g/mol. The van der Waals surface area contributed by atoms with Gasteiger partial charge in [-0.1, -0.05) is 24.3 Å². The fraction of sp³-hybridized carbons (Fsp3) is 0.455. The zero-order chi connectivity index (χ0) is 15.2. The van der Waals surface area contributed by atoms with Crippen molar-refractivity contribution < 1.29 is 16.8 Å². The summed E-state index contributed by atoms with van der Waals surface area (Å²) in [7, 11) is -6.79. The predicted molar refractivity (Wildman–Crippen MR) is 77.8 cm³/mol. The van der Waals surface area contributed by atoms with E-state index in [9.17, 15) is 16.8 Å². The summed E-state index contributed by atoms with van der Waals surface area (Å²) in [5.74, 6) is -0.156. The molecular weight excluding hydrogens is 302 g/mol. The van der Waals surface area contributed by atoms with Crippen LogP contribution in [0.5, 0.6) is 0 Å². The molecule has 1 aromatic rings. The number of sulfonamides is 2. The smallest absolute Gasteiger partial charge is 0.215 e. The van der Waals surface area contributed by atoms with Crippen molar-refractivity contribution in [1.82, 2.24) is 9.44 Å². The summed E-state index contributed by atoms with van der Waals surface area (Å²) < 4.78 is 49.7. The minimum Gasteiger partial charge on any atom is -0.326 e. The Labute approximate surface area is 119 Å². The molecule has 0 bridgehead atoms. The molecule has 0 atom stereocenters. The van der Waals surface area contributed by atoms with E-state index in [0.29, 0.717) is 12.1 Å². The average Bonchev–Trinajstić information content (AvgIpc) is 2.34. The standard InChI is InChI=1S/C11H19N3O4S2/c1-19(15,16)13-6-7-14-20(17,18)9-11-4-2-10(8-12)3-5-11/h2-5,13-14H,6-9,12H2,1H3. The maximum Gasteiger partial charge on any atom is 0.215 e. The van der Waals surface area contributed by atoms with E-state index in [1.807, 2.05) is 0 Å². The van der Waals surface area contributed by atoms with Crippen LogP contribution in [0.25, 0.3) is 0 Å². The first-order chi connectivity index (χ1) is 9.22. The quantitative estimate of drug-likeness (QED) is 0.537. The molecular formula is C11H19N3O4S2. The van der Waals surface area contributed by atoms with Crippen LogP contribution in [0.2, 0.25) is 0 Å². The van der Waals surface area contributed by atoms with E-state index in [0.717, 1.165) is 11.8 Å². The molecule has 20 heavy (non-hydrogen) atoms. The van der Waals surface area contributed by atoms with Crippen LogP contribution in [0.1, 0.15) is 11.1 Å². The predicted octanol–water partition coefficient (Wildman–Crippen LogP) is -0.886. The van der Waals surface area contributed by atoms with Crippen LogP contribution in [-0.2, 0) is 32.3 Å². The summed E-state index contributed by atoms with van der Waals surface area (Å²) >= 11 is 0. The summed E-state index contributed by atoms with van der Waals surface area (Å²) in [6.45, 7) is 0.433. The zero-order valence-electron chi connectivity index (χ0n) is 11.2. The second-order valence-electron chi connectivity index (χ2n) is 4.34.